The van der Waals surface area contributed by atoms with Crippen LogP contribution in [0.1, 0.15) is 36.2 Å². The first kappa shape index (κ1) is 21.4. The number of pyridine rings is 1. The molecule has 10 heteroatoms. The highest BCUT2D eigenvalue weighted by Gasteiger charge is 2.56. The summed E-state index contributed by atoms with van der Waals surface area (Å²) in [5, 5.41) is 17.3. The average Bonchev–Trinajstić information content (AvgIpc) is 3.24. The minimum Gasteiger partial charge on any atom is -0.379 e. The fourth-order valence-electron chi connectivity index (χ4n) is 4.82. The fraction of sp³-hybridized carbons (Fsp3) is 0.522. The lowest BCUT2D eigenvalue weighted by molar-refractivity contribution is -0.123. The Bertz CT molecular complexity index is 1130. The number of rotatable bonds is 6. The molecule has 0 bridgehead atoms. The number of nitriles is 1. The minimum atomic E-state index is -0.885. The van der Waals surface area contributed by atoms with Crippen LogP contribution in [0.3, 0.4) is 0 Å². The van der Waals surface area contributed by atoms with Crippen molar-refractivity contribution in [2.24, 2.45) is 18.4 Å². The number of nitrogens with one attached hydrogen (secondary N) is 1. The maximum absolute atomic E-state index is 13.1. The van der Waals surface area contributed by atoms with Gasteiger partial charge in [0.25, 0.3) is 5.91 Å². The van der Waals surface area contributed by atoms with E-state index in [0.29, 0.717) is 49.2 Å². The first-order valence-electron chi connectivity index (χ1n) is 11.3. The Labute approximate surface area is 192 Å². The van der Waals surface area contributed by atoms with E-state index in [9.17, 15) is 14.9 Å². The molecule has 4 heterocycles. The van der Waals surface area contributed by atoms with Crippen LogP contribution in [0.4, 0.5) is 17.3 Å². The smallest absolute Gasteiger partial charge is 0.272 e. The SMILES string of the molecule is CN(C(=O)c1cc(Nc2cc(N3CC[C@@](C#N)(C4CC4)C3=O)ccn2)nn1C)[C@H]1CCOC1. The molecule has 1 saturated carbocycles. The van der Waals surface area contributed by atoms with Crippen LogP contribution in [-0.2, 0) is 16.6 Å². The molecular weight excluding hydrogens is 422 g/mol. The third kappa shape index (κ3) is 3.72. The van der Waals surface area contributed by atoms with Crippen molar-refractivity contribution >= 4 is 29.1 Å². The van der Waals surface area contributed by atoms with Crippen LogP contribution in [-0.4, -0.2) is 64.3 Å². The lowest BCUT2D eigenvalue weighted by atomic mass is 9.83. The summed E-state index contributed by atoms with van der Waals surface area (Å²) in [4.78, 5) is 33.8. The Balaban J connectivity index is 1.32. The molecule has 172 valence electrons. The van der Waals surface area contributed by atoms with Gasteiger partial charge in [0.1, 0.15) is 16.9 Å². The predicted molar refractivity (Wildman–Crippen MR) is 120 cm³/mol. The van der Waals surface area contributed by atoms with Crippen molar-refractivity contribution in [3.63, 3.8) is 0 Å². The summed E-state index contributed by atoms with van der Waals surface area (Å²) in [6, 6.07) is 7.62. The molecule has 3 aliphatic rings. The first-order valence-corrected chi connectivity index (χ1v) is 11.3. The number of amides is 2. The van der Waals surface area contributed by atoms with Crippen LogP contribution < -0.4 is 10.2 Å². The van der Waals surface area contributed by atoms with Gasteiger partial charge < -0.3 is 19.9 Å². The van der Waals surface area contributed by atoms with Crippen molar-refractivity contribution in [2.75, 3.05) is 37.0 Å². The standard InChI is InChI=1S/C23H27N7O3/c1-28(17-6-10-33-13-17)21(31)18-12-20(27-29(18)2)26-19-11-16(5-8-25-19)30-9-7-23(14-24,22(30)32)15-3-4-15/h5,8,11-12,15,17H,3-4,6-7,9-10,13H2,1-2H3,(H,25,26,27)/t17-,23+/m0/s1. The number of likely N-dealkylation sites (N-methyl/N-ethyl adjacent to an activating group) is 1. The number of anilines is 3. The van der Waals surface area contributed by atoms with Gasteiger partial charge in [0.15, 0.2) is 5.82 Å². The van der Waals surface area contributed by atoms with Crippen LogP contribution in [0.15, 0.2) is 24.4 Å². The average molecular weight is 450 g/mol. The van der Waals surface area contributed by atoms with Crippen LogP contribution in [0.2, 0.25) is 0 Å². The van der Waals surface area contributed by atoms with Crippen LogP contribution in [0.25, 0.3) is 0 Å². The summed E-state index contributed by atoms with van der Waals surface area (Å²) in [5.74, 6) is 0.937. The zero-order valence-corrected chi connectivity index (χ0v) is 18.8. The molecule has 2 saturated heterocycles. The Kier molecular flexibility index (Phi) is 5.29. The van der Waals surface area contributed by atoms with Crippen molar-refractivity contribution in [1.29, 1.82) is 5.26 Å². The fourth-order valence-corrected chi connectivity index (χ4v) is 4.82. The van der Waals surface area contributed by atoms with Crippen LogP contribution in [0.5, 0.6) is 0 Å². The van der Waals surface area contributed by atoms with Gasteiger partial charge in [-0.1, -0.05) is 0 Å². The van der Waals surface area contributed by atoms with Gasteiger partial charge in [0, 0.05) is 51.3 Å². The minimum absolute atomic E-state index is 0.0660. The molecule has 10 nitrogen and oxygen atoms in total. The zero-order chi connectivity index (χ0) is 23.2. The number of carbonyl (C=O) groups is 2. The lowest BCUT2D eigenvalue weighted by Crippen LogP contribution is -2.38. The molecule has 0 aromatic carbocycles. The van der Waals surface area contributed by atoms with Crippen molar-refractivity contribution in [3.05, 3.63) is 30.1 Å². The maximum atomic E-state index is 13.1. The van der Waals surface area contributed by atoms with Gasteiger partial charge in [-0.3, -0.25) is 14.3 Å². The monoisotopic (exact) mass is 449 g/mol. The van der Waals surface area contributed by atoms with E-state index in [2.05, 4.69) is 21.5 Å². The predicted octanol–water partition coefficient (Wildman–Crippen LogP) is 2.08. The molecule has 2 aromatic heterocycles. The zero-order valence-electron chi connectivity index (χ0n) is 18.8. The summed E-state index contributed by atoms with van der Waals surface area (Å²) in [6.07, 6.45) is 4.89. The van der Waals surface area contributed by atoms with Gasteiger partial charge in [-0.25, -0.2) is 4.98 Å². The van der Waals surface area contributed by atoms with E-state index in [1.165, 1.54) is 0 Å². The summed E-state index contributed by atoms with van der Waals surface area (Å²) in [5.41, 5.74) is 0.272. The lowest BCUT2D eigenvalue weighted by Gasteiger charge is -2.22. The van der Waals surface area contributed by atoms with Crippen molar-refractivity contribution in [2.45, 2.75) is 31.7 Å². The second kappa shape index (κ2) is 8.15. The largest absolute Gasteiger partial charge is 0.379 e. The Hall–Kier alpha value is -3.45. The van der Waals surface area contributed by atoms with Gasteiger partial charge in [-0.05, 0) is 37.7 Å². The number of aromatic nitrogens is 3. The summed E-state index contributed by atoms with van der Waals surface area (Å²) in [6.45, 7) is 1.73. The van der Waals surface area contributed by atoms with E-state index in [0.717, 1.165) is 19.3 Å². The molecule has 1 aliphatic carbocycles. The summed E-state index contributed by atoms with van der Waals surface area (Å²) < 4.78 is 6.94. The van der Waals surface area contributed by atoms with Gasteiger partial charge in [-0.2, -0.15) is 10.4 Å². The van der Waals surface area contributed by atoms with Crippen molar-refractivity contribution in [3.8, 4) is 6.07 Å². The highest BCUT2D eigenvalue weighted by molar-refractivity contribution is 6.02. The van der Waals surface area contributed by atoms with Crippen LogP contribution >= 0.6 is 0 Å². The number of hydrogen-bond acceptors (Lipinski definition) is 7. The topological polar surface area (TPSA) is 116 Å². The van der Waals surface area contributed by atoms with E-state index < -0.39 is 5.41 Å². The number of ether oxygens (including phenoxy) is 1. The summed E-state index contributed by atoms with van der Waals surface area (Å²) in [7, 11) is 3.51. The highest BCUT2D eigenvalue weighted by Crippen LogP contribution is 2.51. The van der Waals surface area contributed by atoms with Crippen LogP contribution in [0, 0.1) is 22.7 Å². The van der Waals surface area contributed by atoms with E-state index in [1.807, 2.05) is 0 Å². The first-order chi connectivity index (χ1) is 15.9. The molecule has 2 amide bonds. The normalized spacial score (nSPS) is 24.7. The molecule has 33 heavy (non-hydrogen) atoms. The molecular formula is C23H27N7O3. The number of nitrogens with zero attached hydrogens (tertiary/aromatic N) is 6. The van der Waals surface area contributed by atoms with E-state index >= 15 is 0 Å². The highest BCUT2D eigenvalue weighted by atomic mass is 16.5. The van der Waals surface area contributed by atoms with E-state index in [-0.39, 0.29) is 23.8 Å². The number of carbonyl (C=O) groups excluding carboxylic acids is 2. The number of hydrogen-bond donors (Lipinski definition) is 1. The second-order valence-electron chi connectivity index (χ2n) is 9.06. The van der Waals surface area contributed by atoms with Gasteiger partial charge in [0.2, 0.25) is 5.91 Å². The van der Waals surface area contributed by atoms with Crippen molar-refractivity contribution < 1.29 is 14.3 Å². The summed E-state index contributed by atoms with van der Waals surface area (Å²) >= 11 is 0. The van der Waals surface area contributed by atoms with E-state index in [1.54, 1.807) is 53.0 Å². The molecule has 2 aliphatic heterocycles. The molecule has 2 aromatic rings. The molecule has 1 N–H and O–H groups in total. The Morgan fingerprint density at radius 1 is 1.33 bits per heavy atom. The van der Waals surface area contributed by atoms with Gasteiger partial charge in [0.05, 0.1) is 18.7 Å². The number of aryl methyl sites for hydroxylation is 1. The third-order valence-electron chi connectivity index (χ3n) is 7.01. The molecule has 5 rings (SSSR count). The maximum Gasteiger partial charge on any atom is 0.272 e. The van der Waals surface area contributed by atoms with Crippen molar-refractivity contribution in [1.82, 2.24) is 19.7 Å². The third-order valence-corrected chi connectivity index (χ3v) is 7.01. The second-order valence-corrected chi connectivity index (χ2v) is 9.06. The quantitative estimate of drug-likeness (QED) is 0.718. The molecule has 0 unspecified atom stereocenters. The molecule has 2 atom stereocenters. The molecule has 0 radical (unpaired) electrons. The Morgan fingerprint density at radius 2 is 2.15 bits per heavy atom. The van der Waals surface area contributed by atoms with E-state index in [4.69, 9.17) is 4.74 Å². The van der Waals surface area contributed by atoms with Gasteiger partial charge >= 0.3 is 0 Å². The van der Waals surface area contributed by atoms with Gasteiger partial charge in [-0.15, -0.1) is 0 Å². The molecule has 0 spiro atoms. The Morgan fingerprint density at radius 3 is 2.85 bits per heavy atom. The molecule has 3 fully saturated rings.